The molecule has 0 saturated carbocycles. The molecule has 4 heteroatoms. The number of aliphatic carboxylic acids is 1. The van der Waals surface area contributed by atoms with Crippen molar-refractivity contribution in [3.05, 3.63) is 35.4 Å². The molecule has 1 aromatic carbocycles. The number of esters is 1. The molecule has 0 fully saturated rings. The number of carboxylic acid groups (broad SMARTS) is 1. The standard InChI is InChI=1S/C10H8O4/c11-9(12)5-8-6-3-1-2-4-7(6)10(13)14-8/h1-4,8H,5H2,(H,11,12)/p-1/t8-/m0/s1. The van der Waals surface area contributed by atoms with Gasteiger partial charge in [-0.05, 0) is 6.07 Å². The minimum Gasteiger partial charge on any atom is -0.550 e. The Morgan fingerprint density at radius 2 is 2.14 bits per heavy atom. The van der Waals surface area contributed by atoms with Gasteiger partial charge in [-0.3, -0.25) is 0 Å². The van der Waals surface area contributed by atoms with Gasteiger partial charge in [-0.25, -0.2) is 4.79 Å². The van der Waals surface area contributed by atoms with Crippen LogP contribution >= 0.6 is 0 Å². The highest BCUT2D eigenvalue weighted by Gasteiger charge is 2.30. The SMILES string of the molecule is O=C([O-])C[C@@H]1OC(=O)c2ccccc21. The van der Waals surface area contributed by atoms with Gasteiger partial charge in [0.1, 0.15) is 6.10 Å². The van der Waals surface area contributed by atoms with Crippen molar-refractivity contribution < 1.29 is 19.4 Å². The highest BCUT2D eigenvalue weighted by Crippen LogP contribution is 2.32. The molecular formula is C10H7O4-. The Morgan fingerprint density at radius 3 is 2.86 bits per heavy atom. The van der Waals surface area contributed by atoms with Crippen LogP contribution in [-0.4, -0.2) is 11.9 Å². The lowest BCUT2D eigenvalue weighted by molar-refractivity contribution is -0.307. The fourth-order valence-corrected chi connectivity index (χ4v) is 1.52. The molecule has 0 N–H and O–H groups in total. The molecule has 2 rings (SSSR count). The van der Waals surface area contributed by atoms with Crippen molar-refractivity contribution in [3.8, 4) is 0 Å². The maximum atomic E-state index is 11.2. The summed E-state index contributed by atoms with van der Waals surface area (Å²) in [5.74, 6) is -1.69. The fraction of sp³-hybridized carbons (Fsp3) is 0.200. The molecular weight excluding hydrogens is 184 g/mol. The third kappa shape index (κ3) is 1.35. The molecule has 0 aromatic heterocycles. The summed E-state index contributed by atoms with van der Waals surface area (Å²) in [6.07, 6.45) is -0.980. The van der Waals surface area contributed by atoms with E-state index < -0.39 is 18.0 Å². The Hall–Kier alpha value is -1.84. The Morgan fingerprint density at radius 1 is 1.43 bits per heavy atom. The molecule has 14 heavy (non-hydrogen) atoms. The first-order valence-corrected chi connectivity index (χ1v) is 4.18. The Labute approximate surface area is 80.1 Å². The van der Waals surface area contributed by atoms with Gasteiger partial charge in [-0.1, -0.05) is 18.2 Å². The Balaban J connectivity index is 2.34. The number of carboxylic acids is 1. The second-order valence-electron chi connectivity index (χ2n) is 3.06. The lowest BCUT2D eigenvalue weighted by Gasteiger charge is -2.10. The van der Waals surface area contributed by atoms with Crippen LogP contribution in [0.15, 0.2) is 24.3 Å². The van der Waals surface area contributed by atoms with Crippen LogP contribution in [-0.2, 0) is 9.53 Å². The van der Waals surface area contributed by atoms with Gasteiger partial charge in [0.05, 0.1) is 5.56 Å². The van der Waals surface area contributed by atoms with Crippen LogP contribution in [0.3, 0.4) is 0 Å². The summed E-state index contributed by atoms with van der Waals surface area (Å²) in [5.41, 5.74) is 1.07. The molecule has 0 bridgehead atoms. The Bertz CT molecular complexity index is 395. The van der Waals surface area contributed by atoms with E-state index >= 15 is 0 Å². The number of benzene rings is 1. The maximum absolute atomic E-state index is 11.2. The Kier molecular flexibility index (Phi) is 1.96. The van der Waals surface area contributed by atoms with E-state index in [1.165, 1.54) is 0 Å². The summed E-state index contributed by atoms with van der Waals surface area (Å²) in [6.45, 7) is 0. The summed E-state index contributed by atoms with van der Waals surface area (Å²) < 4.78 is 4.88. The maximum Gasteiger partial charge on any atom is 0.339 e. The first-order valence-electron chi connectivity index (χ1n) is 4.18. The molecule has 1 atom stereocenters. The number of hydrogen-bond donors (Lipinski definition) is 0. The highest BCUT2D eigenvalue weighted by atomic mass is 16.5. The summed E-state index contributed by atoms with van der Waals surface area (Å²) >= 11 is 0. The van der Waals surface area contributed by atoms with Crippen molar-refractivity contribution >= 4 is 11.9 Å². The van der Waals surface area contributed by atoms with Crippen LogP contribution in [0.2, 0.25) is 0 Å². The molecule has 0 amide bonds. The van der Waals surface area contributed by atoms with E-state index in [1.54, 1.807) is 24.3 Å². The number of fused-ring (bicyclic) bond motifs is 1. The topological polar surface area (TPSA) is 66.4 Å². The van der Waals surface area contributed by atoms with Gasteiger partial charge in [0.2, 0.25) is 0 Å². The van der Waals surface area contributed by atoms with E-state index in [4.69, 9.17) is 4.74 Å². The smallest absolute Gasteiger partial charge is 0.339 e. The normalized spacial score (nSPS) is 18.9. The third-order valence-electron chi connectivity index (χ3n) is 2.13. The molecule has 1 heterocycles. The zero-order valence-corrected chi connectivity index (χ0v) is 7.23. The molecule has 0 spiro atoms. The predicted molar refractivity (Wildman–Crippen MR) is 44.2 cm³/mol. The summed E-state index contributed by atoms with van der Waals surface area (Å²) in [6, 6.07) is 6.76. The van der Waals surface area contributed by atoms with Gasteiger partial charge in [0.15, 0.2) is 0 Å². The molecule has 72 valence electrons. The van der Waals surface area contributed by atoms with Crippen molar-refractivity contribution in [2.24, 2.45) is 0 Å². The fourth-order valence-electron chi connectivity index (χ4n) is 1.52. The van der Waals surface area contributed by atoms with Gasteiger partial charge >= 0.3 is 5.97 Å². The molecule has 0 unspecified atom stereocenters. The second-order valence-corrected chi connectivity index (χ2v) is 3.06. The first-order chi connectivity index (χ1) is 6.68. The van der Waals surface area contributed by atoms with Crippen LogP contribution in [0.1, 0.15) is 28.4 Å². The van der Waals surface area contributed by atoms with Crippen LogP contribution in [0.5, 0.6) is 0 Å². The van der Waals surface area contributed by atoms with E-state index in [9.17, 15) is 14.7 Å². The van der Waals surface area contributed by atoms with Crippen molar-refractivity contribution in [2.75, 3.05) is 0 Å². The third-order valence-corrected chi connectivity index (χ3v) is 2.13. The van der Waals surface area contributed by atoms with Crippen molar-refractivity contribution in [1.29, 1.82) is 0 Å². The summed E-state index contributed by atoms with van der Waals surface area (Å²) in [7, 11) is 0. The van der Waals surface area contributed by atoms with E-state index in [2.05, 4.69) is 0 Å². The highest BCUT2D eigenvalue weighted by molar-refractivity contribution is 5.94. The minimum absolute atomic E-state index is 0.289. The van der Waals surface area contributed by atoms with Gasteiger partial charge in [0.25, 0.3) is 0 Å². The average molecular weight is 191 g/mol. The van der Waals surface area contributed by atoms with Gasteiger partial charge in [-0.15, -0.1) is 0 Å². The van der Waals surface area contributed by atoms with Crippen LogP contribution in [0.4, 0.5) is 0 Å². The number of cyclic esters (lactones) is 1. The quantitative estimate of drug-likeness (QED) is 0.619. The lowest BCUT2D eigenvalue weighted by Crippen LogP contribution is -2.24. The van der Waals surface area contributed by atoms with E-state index in [1.807, 2.05) is 0 Å². The molecule has 4 nitrogen and oxygen atoms in total. The lowest BCUT2D eigenvalue weighted by atomic mass is 10.0. The van der Waals surface area contributed by atoms with Crippen molar-refractivity contribution in [1.82, 2.24) is 0 Å². The van der Waals surface area contributed by atoms with Crippen molar-refractivity contribution in [3.63, 3.8) is 0 Å². The van der Waals surface area contributed by atoms with Crippen LogP contribution < -0.4 is 5.11 Å². The number of ether oxygens (including phenoxy) is 1. The zero-order valence-electron chi connectivity index (χ0n) is 7.23. The molecule has 1 aliphatic heterocycles. The molecule has 1 aliphatic rings. The predicted octanol–water partition coefficient (Wildman–Crippen LogP) is 0.0381. The number of rotatable bonds is 2. The van der Waals surface area contributed by atoms with Gasteiger partial charge in [-0.2, -0.15) is 0 Å². The van der Waals surface area contributed by atoms with Gasteiger partial charge in [0, 0.05) is 18.0 Å². The minimum atomic E-state index is -1.22. The molecule has 0 saturated heterocycles. The first kappa shape index (κ1) is 8.74. The second kappa shape index (κ2) is 3.14. The van der Waals surface area contributed by atoms with E-state index in [0.717, 1.165) is 0 Å². The van der Waals surface area contributed by atoms with Crippen LogP contribution in [0.25, 0.3) is 0 Å². The molecule has 0 aliphatic carbocycles. The summed E-state index contributed by atoms with van der Waals surface area (Å²) in [5, 5.41) is 10.4. The van der Waals surface area contributed by atoms with E-state index in [0.29, 0.717) is 11.1 Å². The molecule has 1 aromatic rings. The zero-order chi connectivity index (χ0) is 10.1. The van der Waals surface area contributed by atoms with Crippen LogP contribution in [0, 0.1) is 0 Å². The van der Waals surface area contributed by atoms with Gasteiger partial charge < -0.3 is 14.6 Å². The average Bonchev–Trinajstić information content (AvgIpc) is 2.44. The largest absolute Gasteiger partial charge is 0.550 e. The van der Waals surface area contributed by atoms with E-state index in [-0.39, 0.29) is 6.42 Å². The number of carbonyl (C=O) groups excluding carboxylic acids is 2. The number of hydrogen-bond acceptors (Lipinski definition) is 4. The summed E-state index contributed by atoms with van der Waals surface area (Å²) in [4.78, 5) is 21.6. The number of carbonyl (C=O) groups is 2. The molecule has 0 radical (unpaired) electrons. The van der Waals surface area contributed by atoms with Crippen molar-refractivity contribution in [2.45, 2.75) is 12.5 Å². The monoisotopic (exact) mass is 191 g/mol.